The maximum atomic E-state index is 14.9. The molecular formula is C63H87F3N18O17. The van der Waals surface area contributed by atoms with Gasteiger partial charge in [0.1, 0.15) is 66.7 Å². The number of aromatic hydroxyl groups is 1. The molecule has 20 N–H and O–H groups in total. The molecule has 2 aromatic heterocycles. The minimum atomic E-state index is -5.08. The number of rotatable bonds is 32. The number of phenols is 1. The van der Waals surface area contributed by atoms with Crippen molar-refractivity contribution < 1.29 is 95.2 Å². The third kappa shape index (κ3) is 26.9. The van der Waals surface area contributed by atoms with Gasteiger partial charge in [0.05, 0.1) is 18.5 Å². The number of hydrazine groups is 1. The Morgan fingerprint density at radius 1 is 0.713 bits per heavy atom. The first-order valence-corrected chi connectivity index (χ1v) is 32.0. The molecule has 9 atom stereocenters. The number of urea groups is 1. The molecule has 2 aliphatic rings. The number of aliphatic imine (C=N–C) groups is 1. The highest BCUT2D eigenvalue weighted by atomic mass is 19.4. The largest absolute Gasteiger partial charge is 0.508 e. The Hall–Kier alpha value is -11.1. The molecule has 38 heteroatoms. The number of carboxylic acids is 1. The number of guanidine groups is 1. The summed E-state index contributed by atoms with van der Waals surface area (Å²) in [5.74, 6) is -12.4. The number of hydrogen-bond donors (Lipinski definition) is 17. The van der Waals surface area contributed by atoms with E-state index in [4.69, 9.17) is 36.6 Å². The standard InChI is InChI=1S/C61H86N18O15.C2HF3O2/c1-32(2)23-42(51(84)70-41(13-9-21-66-59(62)63)58(91)79-22-10-14-48(79)57(90)77-78-60(64)92)71-56(89)47(30-94-61(4,5)6)76-52(85)43(24-34-15-17-37(81)18-16-34)72-55(88)46(29-93-33(3)80)75-53(86)44(25-35-27-67-39-12-8-7-11-38(35)39)73-54(87)45(26-36-28-65-31-68-36)74-50(83)40-19-20-49(82)69-40;3-2(4,5)1(6)7/h7-8,11-12,15-18,27-28,31-32,40-48,67,81H,9-10,13-14,19-26,29-30H2,1-6H3,(H,65,68)(H,69,82)(H,70,84)(H,71,89)(H,72,88)(H,73,87)(H,74,83)(H,75,86)(H,76,85)(H,77,90)(H4,62,63,66)(H3,64,78,92);(H,6,7)/t40-,41-,42-,43-,44-,45-,46-,47+,48-;/m0./s1. The lowest BCUT2D eigenvalue weighted by atomic mass is 10.0. The van der Waals surface area contributed by atoms with Crippen LogP contribution in [0.5, 0.6) is 5.75 Å². The number of amides is 12. The van der Waals surface area contributed by atoms with Crippen LogP contribution in [0.25, 0.3) is 10.9 Å². The number of imidazole rings is 1. The van der Waals surface area contributed by atoms with Gasteiger partial charge in [-0.25, -0.2) is 20.0 Å². The summed E-state index contributed by atoms with van der Waals surface area (Å²) in [6, 6.07) is -0.949. The number of carbonyl (C=O) groups excluding carboxylic acids is 12. The number of nitrogens with zero attached hydrogens (tertiary/aromatic N) is 3. The van der Waals surface area contributed by atoms with Crippen LogP contribution in [-0.2, 0) is 86.3 Å². The van der Waals surface area contributed by atoms with Crippen LogP contribution in [0.3, 0.4) is 0 Å². The van der Waals surface area contributed by atoms with Crippen molar-refractivity contribution in [2.24, 2.45) is 28.1 Å². The highest BCUT2D eigenvalue weighted by Gasteiger charge is 2.41. The van der Waals surface area contributed by atoms with Crippen LogP contribution in [-0.4, -0.2) is 206 Å². The number of aromatic amines is 2. The van der Waals surface area contributed by atoms with Crippen LogP contribution in [0.15, 0.2) is 72.2 Å². The SMILES string of the molecule is CC(=O)OC[C@H](NC(=O)[C@H](Cc1c[nH]c2ccccc12)NC(=O)[C@H](Cc1cnc[nH]1)NC(=O)[C@@H]1CCC(=O)N1)C(=O)N[C@@H](Cc1ccc(O)cc1)C(=O)N[C@H](COC(C)(C)C)C(=O)N[C@@H](CC(C)C)C(=O)N[C@@H](CCCN=C(N)N)C(=O)N1CCC[C@H]1C(=O)NNC(N)=O.O=C(O)C(F)(F)F. The lowest BCUT2D eigenvalue weighted by Gasteiger charge is -2.31. The highest BCUT2D eigenvalue weighted by molar-refractivity contribution is 6.00. The molecule has 2 saturated heterocycles. The van der Waals surface area contributed by atoms with E-state index in [1.165, 1.54) is 41.7 Å². The molecule has 2 fully saturated rings. The molecule has 2 aliphatic heterocycles. The number of nitrogens with two attached hydrogens (primary N) is 3. The second-order valence-corrected chi connectivity index (χ2v) is 25.1. The van der Waals surface area contributed by atoms with Crippen molar-refractivity contribution in [3.63, 3.8) is 0 Å². The van der Waals surface area contributed by atoms with E-state index in [2.05, 4.69) is 67.9 Å². The third-order valence-corrected chi connectivity index (χ3v) is 15.4. The molecule has 0 saturated carbocycles. The zero-order chi connectivity index (χ0) is 74.9. The maximum Gasteiger partial charge on any atom is 0.490 e. The minimum absolute atomic E-state index is 0.00819. The van der Waals surface area contributed by atoms with Crippen molar-refractivity contribution >= 4 is 93.9 Å². The molecule has 4 aromatic rings. The van der Waals surface area contributed by atoms with Crippen molar-refractivity contribution in [3.05, 3.63) is 84.1 Å². The van der Waals surface area contributed by atoms with Crippen molar-refractivity contribution in [1.29, 1.82) is 0 Å². The number of carbonyl (C=O) groups is 13. The number of phenolic OH excluding ortho intramolecular Hbond substituents is 1. The number of alkyl halides is 3. The Bertz CT molecular complexity index is 3600. The first-order valence-electron chi connectivity index (χ1n) is 32.0. The fourth-order valence-corrected chi connectivity index (χ4v) is 10.4. The topological polar surface area (TPSA) is 539 Å². The quantitative estimate of drug-likeness (QED) is 0.00835. The number of benzene rings is 2. The van der Waals surface area contributed by atoms with E-state index in [1.807, 2.05) is 5.43 Å². The number of aromatic nitrogens is 3. The van der Waals surface area contributed by atoms with E-state index in [-0.39, 0.29) is 94.4 Å². The van der Waals surface area contributed by atoms with Crippen molar-refractivity contribution in [3.8, 4) is 5.75 Å². The number of ether oxygens (including phenoxy) is 2. The van der Waals surface area contributed by atoms with E-state index < -0.39 is 151 Å². The van der Waals surface area contributed by atoms with Gasteiger partial charge < -0.3 is 94.3 Å². The van der Waals surface area contributed by atoms with Crippen LogP contribution in [0.2, 0.25) is 0 Å². The Morgan fingerprint density at radius 3 is 1.83 bits per heavy atom. The maximum absolute atomic E-state index is 14.9. The van der Waals surface area contributed by atoms with Gasteiger partial charge in [-0.1, -0.05) is 44.2 Å². The van der Waals surface area contributed by atoms with Gasteiger partial charge in [0.15, 0.2) is 5.96 Å². The van der Waals surface area contributed by atoms with Crippen LogP contribution >= 0.6 is 0 Å². The molecule has 0 spiro atoms. The fourth-order valence-electron chi connectivity index (χ4n) is 10.4. The van der Waals surface area contributed by atoms with Gasteiger partial charge in [-0.2, -0.15) is 13.2 Å². The number of aliphatic carboxylic acids is 1. The van der Waals surface area contributed by atoms with Gasteiger partial charge in [0.25, 0.3) is 5.91 Å². The summed E-state index contributed by atoms with van der Waals surface area (Å²) in [5.41, 5.74) is 21.5. The van der Waals surface area contributed by atoms with Gasteiger partial charge >= 0.3 is 24.1 Å². The number of likely N-dealkylation sites (tertiary alicyclic amines) is 1. The molecular weight excluding hydrogens is 1340 g/mol. The first kappa shape index (κ1) is 80.6. The predicted molar refractivity (Wildman–Crippen MR) is 352 cm³/mol. The number of hydrogen-bond acceptors (Lipinski definition) is 18. The Labute approximate surface area is 576 Å². The van der Waals surface area contributed by atoms with E-state index in [0.29, 0.717) is 34.1 Å². The Kier molecular flexibility index (Phi) is 30.1. The number of nitrogens with one attached hydrogen (secondary N) is 12. The number of para-hydroxylation sites is 1. The van der Waals surface area contributed by atoms with Gasteiger partial charge in [0.2, 0.25) is 53.2 Å². The summed E-state index contributed by atoms with van der Waals surface area (Å²) < 4.78 is 43.1. The Morgan fingerprint density at radius 2 is 1.28 bits per heavy atom. The lowest BCUT2D eigenvalue weighted by molar-refractivity contribution is -0.192. The predicted octanol–water partition coefficient (Wildman–Crippen LogP) is -1.90. The van der Waals surface area contributed by atoms with Crippen LogP contribution in [0, 0.1) is 5.92 Å². The molecule has 0 unspecified atom stereocenters. The average Bonchev–Trinajstić information content (AvgIpc) is 1.77. The summed E-state index contributed by atoms with van der Waals surface area (Å²) in [6.45, 7) is 8.50. The molecule has 0 radical (unpaired) electrons. The zero-order valence-electron chi connectivity index (χ0n) is 56.2. The van der Waals surface area contributed by atoms with E-state index in [9.17, 15) is 75.8 Å². The van der Waals surface area contributed by atoms with E-state index >= 15 is 0 Å². The van der Waals surface area contributed by atoms with Crippen molar-refractivity contribution in [2.45, 2.75) is 172 Å². The van der Waals surface area contributed by atoms with Crippen LogP contribution in [0.4, 0.5) is 18.0 Å². The fraction of sp³-hybridized carbons (Fsp3) is 0.508. The lowest BCUT2D eigenvalue weighted by Crippen LogP contribution is -2.62. The molecule has 552 valence electrons. The number of esters is 1. The summed E-state index contributed by atoms with van der Waals surface area (Å²) in [6.07, 6.45) is -0.333. The van der Waals surface area contributed by atoms with Crippen LogP contribution < -0.4 is 70.6 Å². The number of fused-ring (bicyclic) bond motifs is 1. The number of halogens is 3. The monoisotopic (exact) mass is 1420 g/mol. The van der Waals surface area contributed by atoms with E-state index in [1.54, 1.807) is 65.1 Å². The van der Waals surface area contributed by atoms with E-state index in [0.717, 1.165) is 6.92 Å². The highest BCUT2D eigenvalue weighted by Crippen LogP contribution is 2.23. The molecule has 6 rings (SSSR count). The summed E-state index contributed by atoms with van der Waals surface area (Å²) >= 11 is 0. The molecule has 0 bridgehead atoms. The van der Waals surface area contributed by atoms with Crippen molar-refractivity contribution in [2.75, 3.05) is 26.3 Å². The number of H-pyrrole nitrogens is 2. The third-order valence-electron chi connectivity index (χ3n) is 15.4. The molecule has 101 heavy (non-hydrogen) atoms. The normalized spacial score (nSPS) is 16.3. The molecule has 35 nitrogen and oxygen atoms in total. The molecule has 0 aliphatic carbocycles. The average molecular weight is 1430 g/mol. The van der Waals surface area contributed by atoms with Crippen LogP contribution in [0.1, 0.15) is 103 Å². The Balaban J connectivity index is 0.00000249. The smallest absolute Gasteiger partial charge is 0.490 e. The number of primary amides is 1. The van der Waals surface area contributed by atoms with Crippen molar-refractivity contribution in [1.82, 2.24) is 73.2 Å². The molecule has 4 heterocycles. The van der Waals surface area contributed by atoms with Gasteiger partial charge in [-0.15, -0.1) is 0 Å². The van der Waals surface area contributed by atoms with Gasteiger partial charge in [-0.3, -0.25) is 63.2 Å². The summed E-state index contributed by atoms with van der Waals surface area (Å²) in [7, 11) is 0. The number of carboxylic acid groups (broad SMARTS) is 1. The zero-order valence-corrected chi connectivity index (χ0v) is 56.2. The minimum Gasteiger partial charge on any atom is -0.508 e. The van der Waals surface area contributed by atoms with Gasteiger partial charge in [-0.05, 0) is 94.5 Å². The summed E-state index contributed by atoms with van der Waals surface area (Å²) in [4.78, 5) is 189. The van der Waals surface area contributed by atoms with Gasteiger partial charge in [0, 0.05) is 74.7 Å². The molecule has 2 aromatic carbocycles. The second-order valence-electron chi connectivity index (χ2n) is 25.1. The first-order chi connectivity index (χ1) is 47.5. The second kappa shape index (κ2) is 37.8. The summed E-state index contributed by atoms with van der Waals surface area (Å²) in [5, 5.41) is 39.3. The molecule has 12 amide bonds.